The molecule has 6 nitrogen and oxygen atoms in total. The van der Waals surface area contributed by atoms with Gasteiger partial charge in [0, 0.05) is 13.1 Å². The van der Waals surface area contributed by atoms with Gasteiger partial charge in [-0.1, -0.05) is 42.5 Å². The van der Waals surface area contributed by atoms with Gasteiger partial charge in [0.15, 0.2) is 0 Å². The van der Waals surface area contributed by atoms with Gasteiger partial charge in [0.05, 0.1) is 18.3 Å². The number of benzene rings is 2. The van der Waals surface area contributed by atoms with Gasteiger partial charge < -0.3 is 14.4 Å². The number of cyclic esters (lactones) is 1. The standard InChI is InChI=1S/C22H24N2O4/c1-16-7-8-18-12-23(21(25)15-27-13-17-5-3-2-4-6-17)10-9-19-14-28-22(26)24(19)20(18)11-16/h2-8,11,19H,9-10,12-15H2,1H3. The van der Waals surface area contributed by atoms with Crippen molar-refractivity contribution in [1.82, 2.24) is 4.90 Å². The summed E-state index contributed by atoms with van der Waals surface area (Å²) in [6, 6.07) is 15.8. The Morgan fingerprint density at radius 3 is 2.86 bits per heavy atom. The summed E-state index contributed by atoms with van der Waals surface area (Å²) >= 11 is 0. The van der Waals surface area contributed by atoms with Crippen LogP contribution in [0, 0.1) is 6.92 Å². The van der Waals surface area contributed by atoms with Gasteiger partial charge in [-0.3, -0.25) is 9.69 Å². The third-order valence-electron chi connectivity index (χ3n) is 5.24. The normalized spacial score (nSPS) is 18.8. The van der Waals surface area contributed by atoms with Crippen LogP contribution in [0.15, 0.2) is 48.5 Å². The Kier molecular flexibility index (Phi) is 5.30. The number of hydrogen-bond acceptors (Lipinski definition) is 4. The maximum atomic E-state index is 12.8. The van der Waals surface area contributed by atoms with E-state index in [2.05, 4.69) is 0 Å². The molecule has 0 radical (unpaired) electrons. The molecule has 4 rings (SSSR count). The number of carbonyl (C=O) groups excluding carboxylic acids is 2. The van der Waals surface area contributed by atoms with E-state index in [-0.39, 0.29) is 24.6 Å². The predicted octanol–water partition coefficient (Wildman–Crippen LogP) is 3.27. The van der Waals surface area contributed by atoms with Crippen molar-refractivity contribution in [3.63, 3.8) is 0 Å². The Labute approximate surface area is 164 Å². The number of rotatable bonds is 4. The van der Waals surface area contributed by atoms with Crippen LogP contribution in [-0.2, 0) is 27.4 Å². The number of nitrogens with zero attached hydrogens (tertiary/aromatic N) is 2. The van der Waals surface area contributed by atoms with Crippen LogP contribution in [0.1, 0.15) is 23.1 Å². The van der Waals surface area contributed by atoms with Crippen LogP contribution < -0.4 is 4.90 Å². The minimum Gasteiger partial charge on any atom is -0.447 e. The van der Waals surface area contributed by atoms with Crippen molar-refractivity contribution in [3.05, 3.63) is 65.2 Å². The molecule has 0 aliphatic carbocycles. The lowest BCUT2D eigenvalue weighted by Gasteiger charge is -2.32. The van der Waals surface area contributed by atoms with E-state index >= 15 is 0 Å². The summed E-state index contributed by atoms with van der Waals surface area (Å²) in [5, 5.41) is 0. The van der Waals surface area contributed by atoms with Crippen LogP contribution in [0.2, 0.25) is 0 Å². The molecule has 0 spiro atoms. The van der Waals surface area contributed by atoms with Gasteiger partial charge in [-0.25, -0.2) is 4.79 Å². The average Bonchev–Trinajstić information content (AvgIpc) is 3.05. The summed E-state index contributed by atoms with van der Waals surface area (Å²) in [7, 11) is 0. The number of fused-ring (bicyclic) bond motifs is 3. The zero-order chi connectivity index (χ0) is 19.5. The molecule has 1 saturated heterocycles. The van der Waals surface area contributed by atoms with E-state index in [9.17, 15) is 9.59 Å². The Morgan fingerprint density at radius 2 is 2.04 bits per heavy atom. The largest absolute Gasteiger partial charge is 0.447 e. The zero-order valence-corrected chi connectivity index (χ0v) is 16.0. The van der Waals surface area contributed by atoms with E-state index in [0.717, 1.165) is 22.4 Å². The van der Waals surface area contributed by atoms with Crippen LogP contribution in [0.4, 0.5) is 10.5 Å². The number of anilines is 1. The third kappa shape index (κ3) is 3.87. The van der Waals surface area contributed by atoms with Crippen molar-refractivity contribution in [2.24, 2.45) is 0 Å². The monoisotopic (exact) mass is 380 g/mol. The maximum absolute atomic E-state index is 12.8. The molecule has 1 atom stereocenters. The Hall–Kier alpha value is -2.86. The van der Waals surface area contributed by atoms with Crippen molar-refractivity contribution < 1.29 is 19.1 Å². The lowest BCUT2D eigenvalue weighted by Crippen LogP contribution is -2.43. The molecule has 0 aromatic heterocycles. The van der Waals surface area contributed by atoms with Crippen molar-refractivity contribution in [2.75, 3.05) is 24.7 Å². The molecule has 28 heavy (non-hydrogen) atoms. The highest BCUT2D eigenvalue weighted by Crippen LogP contribution is 2.32. The molecule has 2 aliphatic heterocycles. The second kappa shape index (κ2) is 8.02. The fraction of sp³-hybridized carbons (Fsp3) is 0.364. The molecule has 2 amide bonds. The molecule has 6 heteroatoms. The SMILES string of the molecule is Cc1ccc2c(c1)N1C(=O)OCC1CCN(C(=O)COCc1ccccc1)C2. The smallest absolute Gasteiger partial charge is 0.414 e. The minimum absolute atomic E-state index is 0.0406. The second-order valence-corrected chi connectivity index (χ2v) is 7.32. The Bertz CT molecular complexity index is 868. The molecule has 0 N–H and O–H groups in total. The van der Waals surface area contributed by atoms with Gasteiger partial charge >= 0.3 is 6.09 Å². The van der Waals surface area contributed by atoms with E-state index in [1.54, 1.807) is 4.90 Å². The first kappa shape index (κ1) is 18.5. The molecule has 0 bridgehead atoms. The van der Waals surface area contributed by atoms with E-state index in [0.29, 0.717) is 32.7 Å². The molecular formula is C22H24N2O4. The van der Waals surface area contributed by atoms with E-state index in [1.807, 2.05) is 60.4 Å². The minimum atomic E-state index is -0.303. The van der Waals surface area contributed by atoms with Crippen molar-refractivity contribution >= 4 is 17.7 Å². The molecule has 2 aromatic rings. The summed E-state index contributed by atoms with van der Waals surface area (Å²) in [4.78, 5) is 28.6. The van der Waals surface area contributed by atoms with E-state index in [4.69, 9.17) is 9.47 Å². The lowest BCUT2D eigenvalue weighted by atomic mass is 10.0. The molecule has 2 aromatic carbocycles. The Morgan fingerprint density at radius 1 is 1.21 bits per heavy atom. The van der Waals surface area contributed by atoms with Gasteiger partial charge in [-0.05, 0) is 36.1 Å². The first-order valence-electron chi connectivity index (χ1n) is 9.57. The van der Waals surface area contributed by atoms with Crippen LogP contribution >= 0.6 is 0 Å². The average molecular weight is 380 g/mol. The molecule has 2 heterocycles. The summed E-state index contributed by atoms with van der Waals surface area (Å²) < 4.78 is 10.9. The highest BCUT2D eigenvalue weighted by atomic mass is 16.6. The topological polar surface area (TPSA) is 59.1 Å². The third-order valence-corrected chi connectivity index (χ3v) is 5.24. The van der Waals surface area contributed by atoms with Crippen LogP contribution in [0.25, 0.3) is 0 Å². The maximum Gasteiger partial charge on any atom is 0.414 e. The molecule has 0 saturated carbocycles. The summed E-state index contributed by atoms with van der Waals surface area (Å²) in [5.41, 5.74) is 3.91. The Balaban J connectivity index is 1.48. The fourth-order valence-electron chi connectivity index (χ4n) is 3.72. The first-order chi connectivity index (χ1) is 13.6. The lowest BCUT2D eigenvalue weighted by molar-refractivity contribution is -0.137. The highest BCUT2D eigenvalue weighted by molar-refractivity contribution is 5.91. The van der Waals surface area contributed by atoms with Crippen LogP contribution in [0.3, 0.4) is 0 Å². The van der Waals surface area contributed by atoms with Gasteiger partial charge in [-0.2, -0.15) is 0 Å². The van der Waals surface area contributed by atoms with Crippen LogP contribution in [0.5, 0.6) is 0 Å². The summed E-state index contributed by atoms with van der Waals surface area (Å²) in [6.45, 7) is 3.84. The van der Waals surface area contributed by atoms with Crippen LogP contribution in [-0.4, -0.2) is 42.7 Å². The first-order valence-corrected chi connectivity index (χ1v) is 9.57. The van der Waals surface area contributed by atoms with Gasteiger partial charge in [0.25, 0.3) is 0 Å². The van der Waals surface area contributed by atoms with E-state index < -0.39 is 0 Å². The molecule has 2 aliphatic rings. The summed E-state index contributed by atoms with van der Waals surface area (Å²) in [5.74, 6) is -0.0406. The van der Waals surface area contributed by atoms with Gasteiger partial charge in [-0.15, -0.1) is 0 Å². The number of hydrogen-bond donors (Lipinski definition) is 0. The van der Waals surface area contributed by atoms with Crippen molar-refractivity contribution in [1.29, 1.82) is 0 Å². The molecule has 1 fully saturated rings. The summed E-state index contributed by atoms with van der Waals surface area (Å²) in [6.07, 6.45) is 0.381. The quantitative estimate of drug-likeness (QED) is 0.817. The van der Waals surface area contributed by atoms with Gasteiger partial charge in [0.2, 0.25) is 5.91 Å². The number of carbonyl (C=O) groups is 2. The highest BCUT2D eigenvalue weighted by Gasteiger charge is 2.37. The second-order valence-electron chi connectivity index (χ2n) is 7.32. The number of amides is 2. The van der Waals surface area contributed by atoms with Crippen molar-refractivity contribution in [2.45, 2.75) is 32.5 Å². The number of aryl methyl sites for hydroxylation is 1. The predicted molar refractivity (Wildman–Crippen MR) is 105 cm³/mol. The number of ether oxygens (including phenoxy) is 2. The molecule has 146 valence electrons. The fourth-order valence-corrected chi connectivity index (χ4v) is 3.72. The molecular weight excluding hydrogens is 356 g/mol. The molecule has 1 unspecified atom stereocenters. The van der Waals surface area contributed by atoms with Crippen molar-refractivity contribution in [3.8, 4) is 0 Å². The van der Waals surface area contributed by atoms with E-state index in [1.165, 1.54) is 0 Å². The van der Waals surface area contributed by atoms with Gasteiger partial charge in [0.1, 0.15) is 13.2 Å². The zero-order valence-electron chi connectivity index (χ0n) is 16.0.